The smallest absolute Gasteiger partial charge is 0.216 e. The summed E-state index contributed by atoms with van der Waals surface area (Å²) >= 11 is 0. The number of Topliss-reactive ketones (excluding diaryl/α,β-unsaturated/α-hetero) is 1. The van der Waals surface area contributed by atoms with Gasteiger partial charge in [-0.1, -0.05) is 19.4 Å². The molecule has 0 saturated heterocycles. The Labute approximate surface area is 137 Å². The third-order valence-corrected chi connectivity index (χ3v) is 4.53. The van der Waals surface area contributed by atoms with Gasteiger partial charge >= 0.3 is 0 Å². The highest BCUT2D eigenvalue weighted by molar-refractivity contribution is 6.06. The Morgan fingerprint density at radius 1 is 1.17 bits per heavy atom. The van der Waals surface area contributed by atoms with Crippen LogP contribution in [0, 0.1) is 6.92 Å². The molecule has 0 bridgehead atoms. The number of hydrogen-bond acceptors (Lipinski definition) is 2. The molecule has 0 saturated carbocycles. The number of fused-ring (bicyclic) bond motifs is 3. The number of hydrogen-bond donors (Lipinski definition) is 0. The van der Waals surface area contributed by atoms with E-state index in [0.29, 0.717) is 13.0 Å². The Kier molecular flexibility index (Phi) is 4.46. The van der Waals surface area contributed by atoms with Crippen molar-refractivity contribution in [1.82, 2.24) is 0 Å². The van der Waals surface area contributed by atoms with Crippen LogP contribution in [0.3, 0.4) is 0 Å². The molecule has 0 amide bonds. The highest BCUT2D eigenvalue weighted by Crippen LogP contribution is 2.37. The van der Waals surface area contributed by atoms with Crippen molar-refractivity contribution < 1.29 is 14.1 Å². The van der Waals surface area contributed by atoms with Crippen molar-refractivity contribution in [2.45, 2.75) is 39.5 Å². The van der Waals surface area contributed by atoms with E-state index >= 15 is 0 Å². The maximum atomic E-state index is 12.8. The SMILES string of the molecule is CCCCOc1ccc(C)c2c1C(=O)CCc1ccc[n+](C)c1-2. The Morgan fingerprint density at radius 3 is 2.78 bits per heavy atom. The van der Waals surface area contributed by atoms with Crippen molar-refractivity contribution in [1.29, 1.82) is 0 Å². The van der Waals surface area contributed by atoms with E-state index in [1.807, 2.05) is 25.4 Å². The van der Waals surface area contributed by atoms with Gasteiger partial charge in [0, 0.05) is 18.1 Å². The zero-order chi connectivity index (χ0) is 16.4. The number of pyridine rings is 1. The molecule has 3 nitrogen and oxygen atoms in total. The lowest BCUT2D eigenvalue weighted by Crippen LogP contribution is -2.32. The lowest BCUT2D eigenvalue weighted by molar-refractivity contribution is -0.660. The van der Waals surface area contributed by atoms with Crippen LogP contribution in [-0.2, 0) is 13.5 Å². The van der Waals surface area contributed by atoms with E-state index in [2.05, 4.69) is 30.5 Å². The highest BCUT2D eigenvalue weighted by atomic mass is 16.5. The third-order valence-electron chi connectivity index (χ3n) is 4.53. The number of aryl methyl sites for hydroxylation is 3. The van der Waals surface area contributed by atoms with Crippen LogP contribution in [0.1, 0.15) is 47.7 Å². The summed E-state index contributed by atoms with van der Waals surface area (Å²) in [6.07, 6.45) is 5.45. The lowest BCUT2D eigenvalue weighted by Gasteiger charge is -2.15. The van der Waals surface area contributed by atoms with Gasteiger partial charge in [0.25, 0.3) is 0 Å². The average Bonchev–Trinajstić information content (AvgIpc) is 2.69. The molecule has 2 aromatic rings. The fourth-order valence-corrected chi connectivity index (χ4v) is 3.30. The number of rotatable bonds is 4. The van der Waals surface area contributed by atoms with Crippen molar-refractivity contribution in [3.63, 3.8) is 0 Å². The van der Waals surface area contributed by atoms with E-state index in [9.17, 15) is 4.79 Å². The molecule has 3 rings (SSSR count). The van der Waals surface area contributed by atoms with E-state index < -0.39 is 0 Å². The number of aromatic nitrogens is 1. The topological polar surface area (TPSA) is 30.2 Å². The largest absolute Gasteiger partial charge is 0.493 e. The van der Waals surface area contributed by atoms with Crippen LogP contribution >= 0.6 is 0 Å². The quantitative estimate of drug-likeness (QED) is 0.635. The molecule has 1 aliphatic rings. The van der Waals surface area contributed by atoms with Crippen molar-refractivity contribution in [3.05, 3.63) is 47.2 Å². The number of unbranched alkanes of at least 4 members (excludes halogenated alkanes) is 1. The van der Waals surface area contributed by atoms with Gasteiger partial charge in [0.2, 0.25) is 5.69 Å². The summed E-state index contributed by atoms with van der Waals surface area (Å²) in [7, 11) is 2.04. The van der Waals surface area contributed by atoms with Crippen LogP contribution in [0.4, 0.5) is 0 Å². The molecule has 0 unspecified atom stereocenters. The molecule has 0 fully saturated rings. The number of carbonyl (C=O) groups excluding carboxylic acids is 1. The van der Waals surface area contributed by atoms with Gasteiger partial charge in [-0.3, -0.25) is 4.79 Å². The zero-order valence-corrected chi connectivity index (χ0v) is 14.2. The molecule has 0 aliphatic heterocycles. The van der Waals surface area contributed by atoms with Gasteiger partial charge in [0.05, 0.1) is 17.7 Å². The first-order chi connectivity index (χ1) is 11.1. The first kappa shape index (κ1) is 15.7. The van der Waals surface area contributed by atoms with Gasteiger partial charge in [-0.05, 0) is 37.5 Å². The van der Waals surface area contributed by atoms with E-state index in [4.69, 9.17) is 4.74 Å². The minimum absolute atomic E-state index is 0.186. The van der Waals surface area contributed by atoms with Crippen LogP contribution in [-0.4, -0.2) is 12.4 Å². The fraction of sp³-hybridized carbons (Fsp3) is 0.400. The van der Waals surface area contributed by atoms with Crippen LogP contribution in [0.2, 0.25) is 0 Å². The van der Waals surface area contributed by atoms with Crippen molar-refractivity contribution in [2.75, 3.05) is 6.61 Å². The van der Waals surface area contributed by atoms with Gasteiger partial charge < -0.3 is 4.74 Å². The molecular weight excluding hydrogens is 286 g/mol. The molecule has 1 aliphatic carbocycles. The van der Waals surface area contributed by atoms with Gasteiger partial charge in [0.15, 0.2) is 12.0 Å². The molecule has 0 spiro atoms. The summed E-state index contributed by atoms with van der Waals surface area (Å²) in [6.45, 7) is 4.87. The molecular formula is C20H24NO2+. The number of ether oxygens (including phenoxy) is 1. The standard InChI is InChI=1S/C20H24NO2/c1-4-5-13-23-17-11-8-14(2)18-19(17)16(22)10-9-15-7-6-12-21(3)20(15)18/h6-8,11-12H,4-5,9-10,13H2,1-3H3/q+1. The monoisotopic (exact) mass is 310 g/mol. The van der Waals surface area contributed by atoms with Gasteiger partial charge in [-0.15, -0.1) is 0 Å². The van der Waals surface area contributed by atoms with Gasteiger partial charge in [-0.2, -0.15) is 0 Å². The Balaban J connectivity index is 2.20. The second-order valence-corrected chi connectivity index (χ2v) is 6.25. The number of benzene rings is 1. The van der Waals surface area contributed by atoms with Crippen molar-refractivity contribution >= 4 is 5.78 Å². The first-order valence-electron chi connectivity index (χ1n) is 8.41. The van der Waals surface area contributed by atoms with Crippen molar-refractivity contribution in [3.8, 4) is 17.0 Å². The Bertz CT molecular complexity index is 750. The summed E-state index contributed by atoms with van der Waals surface area (Å²) in [5, 5.41) is 0. The summed E-state index contributed by atoms with van der Waals surface area (Å²) in [4.78, 5) is 12.8. The molecule has 0 radical (unpaired) electrons. The molecule has 3 heteroatoms. The van der Waals surface area contributed by atoms with Crippen LogP contribution in [0.5, 0.6) is 5.75 Å². The Morgan fingerprint density at radius 2 is 2.00 bits per heavy atom. The second kappa shape index (κ2) is 6.53. The molecule has 120 valence electrons. The molecule has 23 heavy (non-hydrogen) atoms. The second-order valence-electron chi connectivity index (χ2n) is 6.25. The van der Waals surface area contributed by atoms with Crippen LogP contribution in [0.15, 0.2) is 30.5 Å². The first-order valence-corrected chi connectivity index (χ1v) is 8.41. The highest BCUT2D eigenvalue weighted by Gasteiger charge is 2.30. The lowest BCUT2D eigenvalue weighted by atomic mass is 9.95. The molecule has 1 heterocycles. The maximum Gasteiger partial charge on any atom is 0.216 e. The predicted octanol–water partition coefficient (Wildman–Crippen LogP) is 3.79. The molecule has 1 aromatic heterocycles. The minimum Gasteiger partial charge on any atom is -0.493 e. The number of ketones is 1. The summed E-state index contributed by atoms with van der Waals surface area (Å²) in [5.74, 6) is 0.923. The maximum absolute atomic E-state index is 12.8. The van der Waals surface area contributed by atoms with Crippen LogP contribution in [0.25, 0.3) is 11.3 Å². The summed E-state index contributed by atoms with van der Waals surface area (Å²) in [6, 6.07) is 8.19. The van der Waals surface area contributed by atoms with E-state index in [0.717, 1.165) is 47.4 Å². The average molecular weight is 310 g/mol. The fourth-order valence-electron chi connectivity index (χ4n) is 3.30. The van der Waals surface area contributed by atoms with Crippen molar-refractivity contribution in [2.24, 2.45) is 7.05 Å². The van der Waals surface area contributed by atoms with Crippen LogP contribution < -0.4 is 9.30 Å². The predicted molar refractivity (Wildman–Crippen MR) is 90.8 cm³/mol. The van der Waals surface area contributed by atoms with E-state index in [-0.39, 0.29) is 5.78 Å². The normalized spacial score (nSPS) is 13.3. The minimum atomic E-state index is 0.186. The van der Waals surface area contributed by atoms with Gasteiger partial charge in [0.1, 0.15) is 12.8 Å². The van der Waals surface area contributed by atoms with E-state index in [1.165, 1.54) is 5.56 Å². The van der Waals surface area contributed by atoms with Gasteiger partial charge in [-0.25, -0.2) is 4.57 Å². The summed E-state index contributed by atoms with van der Waals surface area (Å²) in [5.41, 5.74) is 5.31. The Hall–Kier alpha value is -2.16. The third kappa shape index (κ3) is 2.88. The molecule has 0 atom stereocenters. The summed E-state index contributed by atoms with van der Waals surface area (Å²) < 4.78 is 8.07. The number of nitrogens with zero attached hydrogens (tertiary/aromatic N) is 1. The molecule has 0 N–H and O–H groups in total. The van der Waals surface area contributed by atoms with E-state index in [1.54, 1.807) is 0 Å². The zero-order valence-electron chi connectivity index (χ0n) is 14.2. The molecule has 1 aromatic carbocycles. The number of carbonyl (C=O) groups is 1.